The molecule has 0 aliphatic carbocycles. The van der Waals surface area contributed by atoms with Gasteiger partial charge in [-0.15, -0.1) is 11.3 Å². The largest absolute Gasteiger partial charge is 0.485 e. The Morgan fingerprint density at radius 3 is 2.45 bits per heavy atom. The number of nitrogens with zero attached hydrogens (tertiary/aromatic N) is 2. The van der Waals surface area contributed by atoms with Gasteiger partial charge in [0.2, 0.25) is 0 Å². The Kier molecular flexibility index (Phi) is 7.66. The molecule has 4 rings (SSSR count). The first-order valence-corrected chi connectivity index (χ1v) is 11.6. The minimum absolute atomic E-state index is 0.246. The van der Waals surface area contributed by atoms with Gasteiger partial charge in [-0.1, -0.05) is 60.7 Å². The van der Waals surface area contributed by atoms with Crippen LogP contribution in [0.5, 0.6) is 5.75 Å². The molecule has 2 aromatic heterocycles. The highest BCUT2D eigenvalue weighted by molar-refractivity contribution is 7.13. The number of carbonyl (C=O) groups is 1. The Morgan fingerprint density at radius 2 is 1.73 bits per heavy atom. The van der Waals surface area contributed by atoms with E-state index < -0.39 is 0 Å². The molecule has 7 heteroatoms. The first kappa shape index (κ1) is 22.5. The number of anilines is 2. The molecule has 0 atom stereocenters. The maximum Gasteiger partial charge on any atom is 0.305 e. The smallest absolute Gasteiger partial charge is 0.305 e. The quantitative estimate of drug-likeness (QED) is 0.313. The van der Waals surface area contributed by atoms with Gasteiger partial charge in [0.15, 0.2) is 16.7 Å². The Bertz CT molecular complexity index is 1180. The van der Waals surface area contributed by atoms with Gasteiger partial charge in [-0.05, 0) is 29.2 Å². The van der Waals surface area contributed by atoms with E-state index in [-0.39, 0.29) is 5.97 Å². The maximum absolute atomic E-state index is 11.4. The average molecular weight is 460 g/mol. The van der Waals surface area contributed by atoms with Crippen molar-refractivity contribution in [1.82, 2.24) is 9.97 Å². The van der Waals surface area contributed by atoms with E-state index in [0.29, 0.717) is 36.1 Å². The summed E-state index contributed by atoms with van der Waals surface area (Å²) in [6, 6.07) is 22.3. The van der Waals surface area contributed by atoms with Gasteiger partial charge in [-0.25, -0.2) is 9.97 Å². The van der Waals surface area contributed by atoms with Gasteiger partial charge >= 0.3 is 5.97 Å². The van der Waals surface area contributed by atoms with Crippen LogP contribution in [0.2, 0.25) is 0 Å². The van der Waals surface area contributed by atoms with Crippen LogP contribution in [0.3, 0.4) is 0 Å². The number of benzene rings is 2. The molecular formula is C26H25N3O3S. The highest BCUT2D eigenvalue weighted by atomic mass is 32.1. The lowest BCUT2D eigenvalue weighted by molar-refractivity contribution is -0.140. The van der Waals surface area contributed by atoms with Crippen molar-refractivity contribution in [1.29, 1.82) is 0 Å². The monoisotopic (exact) mass is 459 g/mol. The summed E-state index contributed by atoms with van der Waals surface area (Å²) >= 11 is 1.46. The lowest BCUT2D eigenvalue weighted by Crippen LogP contribution is -2.03. The standard InChI is InChI=1S/C26H25N3O3S/c1-31-24(30)13-12-22-18-33-26(28-22)29-25-23(32-17-20-10-6-3-7-11-20)15-21(16-27-25)14-19-8-4-2-5-9-19/h2-11,15-16,18H,12-14,17H2,1H3,(H,27,28,29). The Hall–Kier alpha value is -3.71. The Morgan fingerprint density at radius 1 is 1.00 bits per heavy atom. The predicted molar refractivity (Wildman–Crippen MR) is 130 cm³/mol. The molecule has 0 amide bonds. The number of hydrogen-bond acceptors (Lipinski definition) is 7. The minimum atomic E-state index is -0.246. The summed E-state index contributed by atoms with van der Waals surface area (Å²) in [7, 11) is 1.39. The molecule has 0 spiro atoms. The third-order valence-corrected chi connectivity index (χ3v) is 5.79. The second kappa shape index (κ2) is 11.2. The fourth-order valence-electron chi connectivity index (χ4n) is 3.27. The molecule has 0 bridgehead atoms. The lowest BCUT2D eigenvalue weighted by Gasteiger charge is -2.13. The van der Waals surface area contributed by atoms with E-state index >= 15 is 0 Å². The SMILES string of the molecule is COC(=O)CCc1csc(Nc2ncc(Cc3ccccc3)cc2OCc2ccccc2)n1. The molecule has 2 aromatic carbocycles. The molecule has 0 radical (unpaired) electrons. The van der Waals surface area contributed by atoms with E-state index in [1.165, 1.54) is 24.0 Å². The Balaban J connectivity index is 1.51. The summed E-state index contributed by atoms with van der Waals surface area (Å²) in [5.41, 5.74) is 4.19. The maximum atomic E-state index is 11.4. The van der Waals surface area contributed by atoms with E-state index in [9.17, 15) is 4.79 Å². The number of rotatable bonds is 10. The third-order valence-electron chi connectivity index (χ3n) is 4.99. The fourth-order valence-corrected chi connectivity index (χ4v) is 4.01. The number of aromatic nitrogens is 2. The normalized spacial score (nSPS) is 10.6. The number of pyridine rings is 1. The van der Waals surface area contributed by atoms with Crippen LogP contribution in [-0.2, 0) is 29.0 Å². The zero-order valence-electron chi connectivity index (χ0n) is 18.4. The number of ether oxygens (including phenoxy) is 2. The first-order chi connectivity index (χ1) is 16.2. The van der Waals surface area contributed by atoms with E-state index in [1.54, 1.807) is 0 Å². The van der Waals surface area contributed by atoms with Crippen molar-refractivity contribution in [3.63, 3.8) is 0 Å². The number of methoxy groups -OCH3 is 1. The number of hydrogen-bond donors (Lipinski definition) is 1. The second-order valence-electron chi connectivity index (χ2n) is 7.47. The molecule has 4 aromatic rings. The third kappa shape index (κ3) is 6.63. The van der Waals surface area contributed by atoms with Crippen molar-refractivity contribution < 1.29 is 14.3 Å². The number of esters is 1. The van der Waals surface area contributed by atoms with Crippen LogP contribution in [-0.4, -0.2) is 23.0 Å². The van der Waals surface area contributed by atoms with Crippen LogP contribution in [0.1, 0.15) is 28.8 Å². The summed E-state index contributed by atoms with van der Waals surface area (Å²) in [5, 5.41) is 5.90. The van der Waals surface area contributed by atoms with Gasteiger partial charge in [-0.2, -0.15) is 0 Å². The molecule has 0 saturated carbocycles. The van der Waals surface area contributed by atoms with Gasteiger partial charge in [0.1, 0.15) is 6.61 Å². The number of aryl methyl sites for hydroxylation is 1. The van der Waals surface area contributed by atoms with Crippen molar-refractivity contribution in [3.8, 4) is 5.75 Å². The molecule has 0 saturated heterocycles. The van der Waals surface area contributed by atoms with E-state index in [1.807, 2.05) is 66.2 Å². The molecule has 0 aliphatic heterocycles. The molecule has 6 nitrogen and oxygen atoms in total. The number of thiazole rings is 1. The molecule has 168 valence electrons. The summed E-state index contributed by atoms with van der Waals surface area (Å²) in [4.78, 5) is 20.6. The van der Waals surface area contributed by atoms with Crippen LogP contribution in [0, 0.1) is 0 Å². The highest BCUT2D eigenvalue weighted by Gasteiger charge is 2.12. The molecule has 0 fully saturated rings. The van der Waals surface area contributed by atoms with Crippen LogP contribution in [0.15, 0.2) is 78.3 Å². The molecule has 1 N–H and O–H groups in total. The van der Waals surface area contributed by atoms with Gasteiger partial charge < -0.3 is 14.8 Å². The fraction of sp³-hybridized carbons (Fsp3) is 0.192. The predicted octanol–water partition coefficient (Wildman–Crippen LogP) is 5.56. The summed E-state index contributed by atoms with van der Waals surface area (Å²) in [6.45, 7) is 0.439. The molecule has 2 heterocycles. The average Bonchev–Trinajstić information content (AvgIpc) is 3.31. The Labute approximate surface area is 197 Å². The van der Waals surface area contributed by atoms with Crippen LogP contribution in [0.4, 0.5) is 10.9 Å². The highest BCUT2D eigenvalue weighted by Crippen LogP contribution is 2.30. The van der Waals surface area contributed by atoms with Gasteiger partial charge in [0.05, 0.1) is 19.2 Å². The van der Waals surface area contributed by atoms with Gasteiger partial charge in [0.25, 0.3) is 0 Å². The summed E-state index contributed by atoms with van der Waals surface area (Å²) < 4.78 is 10.9. The van der Waals surface area contributed by atoms with Crippen molar-refractivity contribution in [2.75, 3.05) is 12.4 Å². The number of nitrogens with one attached hydrogen (secondary N) is 1. The van der Waals surface area contributed by atoms with Gasteiger partial charge in [0, 0.05) is 18.0 Å². The van der Waals surface area contributed by atoms with Crippen LogP contribution < -0.4 is 10.1 Å². The van der Waals surface area contributed by atoms with Crippen LogP contribution in [0.25, 0.3) is 0 Å². The summed E-state index contributed by atoms with van der Waals surface area (Å²) in [6.07, 6.45) is 3.46. The zero-order chi connectivity index (χ0) is 22.9. The van der Waals surface area contributed by atoms with Crippen molar-refractivity contribution in [3.05, 3.63) is 101 Å². The van der Waals surface area contributed by atoms with E-state index in [4.69, 9.17) is 9.47 Å². The zero-order valence-corrected chi connectivity index (χ0v) is 19.2. The van der Waals surface area contributed by atoms with E-state index in [0.717, 1.165) is 23.2 Å². The minimum Gasteiger partial charge on any atom is -0.485 e. The van der Waals surface area contributed by atoms with E-state index in [2.05, 4.69) is 27.4 Å². The van der Waals surface area contributed by atoms with Gasteiger partial charge in [-0.3, -0.25) is 4.79 Å². The molecule has 0 unspecified atom stereocenters. The van der Waals surface area contributed by atoms with Crippen molar-refractivity contribution >= 4 is 28.3 Å². The number of carbonyl (C=O) groups excluding carboxylic acids is 1. The van der Waals surface area contributed by atoms with Crippen molar-refractivity contribution in [2.45, 2.75) is 25.9 Å². The lowest BCUT2D eigenvalue weighted by atomic mass is 10.1. The molecular weight excluding hydrogens is 434 g/mol. The second-order valence-corrected chi connectivity index (χ2v) is 8.33. The molecule has 0 aliphatic rings. The van der Waals surface area contributed by atoms with Crippen molar-refractivity contribution in [2.24, 2.45) is 0 Å². The topological polar surface area (TPSA) is 73.3 Å². The molecule has 33 heavy (non-hydrogen) atoms. The first-order valence-electron chi connectivity index (χ1n) is 10.7. The van der Waals surface area contributed by atoms with Crippen LogP contribution >= 0.6 is 11.3 Å². The summed E-state index contributed by atoms with van der Waals surface area (Å²) in [5.74, 6) is 1.03.